The second-order valence-corrected chi connectivity index (χ2v) is 14.6. The van der Waals surface area contributed by atoms with Gasteiger partial charge in [-0.15, -0.1) is 0 Å². The van der Waals surface area contributed by atoms with E-state index in [0.717, 1.165) is 23.1 Å². The molecule has 1 saturated carbocycles. The van der Waals surface area contributed by atoms with Crippen molar-refractivity contribution in [3.8, 4) is 0 Å². The van der Waals surface area contributed by atoms with Crippen LogP contribution in [0.5, 0.6) is 0 Å². The fraction of sp³-hybridized carbons (Fsp3) is 0.609. The first kappa shape index (κ1) is 21.3. The summed E-state index contributed by atoms with van der Waals surface area (Å²) in [5.41, 5.74) is 3.31. The van der Waals surface area contributed by atoms with Crippen LogP contribution in [0.25, 0.3) is 6.08 Å². The molecule has 28 heavy (non-hydrogen) atoms. The van der Waals surface area contributed by atoms with Crippen molar-refractivity contribution in [3.05, 3.63) is 41.5 Å². The van der Waals surface area contributed by atoms with Crippen molar-refractivity contribution in [1.29, 1.82) is 0 Å². The highest BCUT2D eigenvalue weighted by Gasteiger charge is 2.52. The van der Waals surface area contributed by atoms with Crippen LogP contribution in [-0.2, 0) is 14.0 Å². The number of methoxy groups -OCH3 is 1. The number of aliphatic hydroxyl groups is 1. The minimum Gasteiger partial charge on any atom is -0.469 e. The van der Waals surface area contributed by atoms with Gasteiger partial charge in [-0.25, -0.2) is 0 Å². The molecule has 0 aromatic heterocycles. The first-order chi connectivity index (χ1) is 13.0. The van der Waals surface area contributed by atoms with Crippen molar-refractivity contribution in [3.63, 3.8) is 0 Å². The molecule has 0 amide bonds. The third-order valence-corrected chi connectivity index (χ3v) is 11.6. The maximum absolute atomic E-state index is 12.5. The molecular formula is C23H34O4Si. The number of rotatable bonds is 4. The molecule has 2 aliphatic rings. The van der Waals surface area contributed by atoms with Gasteiger partial charge in [0.15, 0.2) is 8.32 Å². The molecule has 5 heteroatoms. The van der Waals surface area contributed by atoms with E-state index in [4.69, 9.17) is 9.16 Å². The Balaban J connectivity index is 2.11. The summed E-state index contributed by atoms with van der Waals surface area (Å²) < 4.78 is 12.0. The van der Waals surface area contributed by atoms with Gasteiger partial charge in [0, 0.05) is 11.8 Å². The zero-order valence-corrected chi connectivity index (χ0v) is 19.0. The van der Waals surface area contributed by atoms with Crippen LogP contribution in [0, 0.1) is 11.8 Å². The highest BCUT2D eigenvalue weighted by molar-refractivity contribution is 6.74. The van der Waals surface area contributed by atoms with Gasteiger partial charge in [-0.05, 0) is 47.7 Å². The molecule has 0 saturated heterocycles. The Labute approximate surface area is 170 Å². The van der Waals surface area contributed by atoms with Crippen LogP contribution in [0.1, 0.15) is 62.3 Å². The third kappa shape index (κ3) is 3.60. The lowest BCUT2D eigenvalue weighted by atomic mass is 9.62. The van der Waals surface area contributed by atoms with E-state index in [-0.39, 0.29) is 34.9 Å². The van der Waals surface area contributed by atoms with Crippen molar-refractivity contribution in [1.82, 2.24) is 0 Å². The summed E-state index contributed by atoms with van der Waals surface area (Å²) in [5.74, 6) is -0.520. The average molecular weight is 403 g/mol. The first-order valence-corrected chi connectivity index (χ1v) is 13.1. The van der Waals surface area contributed by atoms with E-state index in [2.05, 4.69) is 58.6 Å². The molecule has 0 unspecified atom stereocenters. The van der Waals surface area contributed by atoms with Gasteiger partial charge in [0.05, 0.1) is 25.2 Å². The first-order valence-electron chi connectivity index (χ1n) is 10.2. The predicted molar refractivity (Wildman–Crippen MR) is 115 cm³/mol. The molecule has 0 heterocycles. The second kappa shape index (κ2) is 7.43. The minimum atomic E-state index is -2.07. The second-order valence-electron chi connectivity index (χ2n) is 9.83. The van der Waals surface area contributed by atoms with E-state index in [1.807, 2.05) is 6.08 Å². The quantitative estimate of drug-likeness (QED) is 0.565. The van der Waals surface area contributed by atoms with Gasteiger partial charge < -0.3 is 14.3 Å². The minimum absolute atomic E-state index is 0.0251. The Kier molecular flexibility index (Phi) is 5.65. The molecule has 1 aromatic rings. The zero-order valence-electron chi connectivity index (χ0n) is 18.0. The number of esters is 1. The summed E-state index contributed by atoms with van der Waals surface area (Å²) >= 11 is 0. The maximum Gasteiger partial charge on any atom is 0.309 e. The highest BCUT2D eigenvalue weighted by Crippen LogP contribution is 2.55. The summed E-state index contributed by atoms with van der Waals surface area (Å²) in [5, 5.41) is 10.9. The number of hydrogen-bond acceptors (Lipinski definition) is 4. The molecule has 3 rings (SSSR count). The Morgan fingerprint density at radius 1 is 1.25 bits per heavy atom. The van der Waals surface area contributed by atoms with Gasteiger partial charge in [0.1, 0.15) is 0 Å². The van der Waals surface area contributed by atoms with Gasteiger partial charge in [-0.1, -0.05) is 51.6 Å². The van der Waals surface area contributed by atoms with E-state index in [0.29, 0.717) is 6.42 Å². The van der Waals surface area contributed by atoms with Crippen molar-refractivity contribution < 1.29 is 19.1 Å². The summed E-state index contributed by atoms with van der Waals surface area (Å²) in [7, 11) is -0.637. The Morgan fingerprint density at radius 3 is 2.50 bits per heavy atom. The van der Waals surface area contributed by atoms with Gasteiger partial charge in [-0.2, -0.15) is 0 Å². The summed E-state index contributed by atoms with van der Waals surface area (Å²) in [6.07, 6.45) is 2.31. The largest absolute Gasteiger partial charge is 0.469 e. The van der Waals surface area contributed by atoms with Gasteiger partial charge in [-0.3, -0.25) is 4.79 Å². The molecule has 0 radical (unpaired) electrons. The van der Waals surface area contributed by atoms with E-state index < -0.39 is 14.4 Å². The smallest absolute Gasteiger partial charge is 0.309 e. The van der Waals surface area contributed by atoms with Crippen LogP contribution in [0.15, 0.2) is 24.8 Å². The van der Waals surface area contributed by atoms with Gasteiger partial charge >= 0.3 is 5.97 Å². The molecule has 0 spiro atoms. The molecular weight excluding hydrogens is 368 g/mol. The maximum atomic E-state index is 12.5. The van der Waals surface area contributed by atoms with Crippen LogP contribution < -0.4 is 0 Å². The van der Waals surface area contributed by atoms with E-state index in [9.17, 15) is 9.90 Å². The van der Waals surface area contributed by atoms with Crippen molar-refractivity contribution in [2.24, 2.45) is 11.8 Å². The topological polar surface area (TPSA) is 55.8 Å². The van der Waals surface area contributed by atoms with E-state index >= 15 is 0 Å². The van der Waals surface area contributed by atoms with E-state index in [1.165, 1.54) is 7.11 Å². The Morgan fingerprint density at radius 2 is 1.93 bits per heavy atom. The standard InChI is InChI=1S/C23H34O4Si/c1-8-14-9-10-15-16(11-14)17-12-18(19(13-20(17)24)22(25)26-5)21(15)27-28(6,7)23(2,3)4/h8-11,17-21,24H,1,12-13H2,2-7H3/t17-,18-,19-,20+,21-/m1/s1. The summed E-state index contributed by atoms with van der Waals surface area (Å²) in [4.78, 5) is 12.5. The number of fused-ring (bicyclic) bond motifs is 4. The van der Waals surface area contributed by atoms with Crippen LogP contribution >= 0.6 is 0 Å². The highest BCUT2D eigenvalue weighted by atomic mass is 28.4. The monoisotopic (exact) mass is 402 g/mol. The lowest BCUT2D eigenvalue weighted by Crippen LogP contribution is -2.49. The van der Waals surface area contributed by atoms with Gasteiger partial charge in [0.2, 0.25) is 0 Å². The molecule has 0 aliphatic heterocycles. The summed E-state index contributed by atoms with van der Waals surface area (Å²) in [6, 6.07) is 6.29. The lowest BCUT2D eigenvalue weighted by molar-refractivity contribution is -0.154. The molecule has 154 valence electrons. The Bertz CT molecular complexity index is 764. The van der Waals surface area contributed by atoms with E-state index in [1.54, 1.807) is 0 Å². The SMILES string of the molecule is C=Cc1ccc2c(c1)[C@H]1C[C@@H]([C@@H]2O[Si](C)(C)C(C)(C)C)[C@H](C(=O)OC)C[C@@H]1O. The molecule has 1 N–H and O–H groups in total. The molecule has 4 nitrogen and oxygen atoms in total. The molecule has 1 aromatic carbocycles. The fourth-order valence-corrected chi connectivity index (χ4v) is 5.77. The molecule has 2 bridgehead atoms. The number of ether oxygens (including phenoxy) is 1. The average Bonchev–Trinajstić information content (AvgIpc) is 2.64. The Hall–Kier alpha value is -1.43. The van der Waals surface area contributed by atoms with Crippen LogP contribution in [-0.4, -0.2) is 32.6 Å². The van der Waals surface area contributed by atoms with Crippen LogP contribution in [0.2, 0.25) is 18.1 Å². The lowest BCUT2D eigenvalue weighted by Gasteiger charge is -2.50. The number of aliphatic hydroxyl groups excluding tert-OH is 1. The van der Waals surface area contributed by atoms with Crippen LogP contribution in [0.4, 0.5) is 0 Å². The molecule has 1 fully saturated rings. The number of hydrogen-bond donors (Lipinski definition) is 1. The number of carbonyl (C=O) groups excluding carboxylic acids is 1. The summed E-state index contributed by atoms with van der Waals surface area (Å²) in [6.45, 7) is 15.1. The zero-order chi connectivity index (χ0) is 20.9. The van der Waals surface area contributed by atoms with Crippen molar-refractivity contribution >= 4 is 20.4 Å². The number of carbonyl (C=O) groups is 1. The van der Waals surface area contributed by atoms with Crippen LogP contribution in [0.3, 0.4) is 0 Å². The number of benzene rings is 1. The molecule has 5 atom stereocenters. The fourth-order valence-electron chi connectivity index (χ4n) is 4.48. The molecule has 2 aliphatic carbocycles. The predicted octanol–water partition coefficient (Wildman–Crippen LogP) is 5.05. The van der Waals surface area contributed by atoms with Gasteiger partial charge in [0.25, 0.3) is 0 Å². The van der Waals surface area contributed by atoms with Crippen molar-refractivity contribution in [2.75, 3.05) is 7.11 Å². The van der Waals surface area contributed by atoms with Crippen molar-refractivity contribution in [2.45, 2.75) is 69.9 Å². The third-order valence-electron chi connectivity index (χ3n) is 7.18. The normalized spacial score (nSPS) is 29.8.